The zero-order chi connectivity index (χ0) is 15.5. The maximum Gasteiger partial charge on any atom is 0.264 e. The zero-order valence-corrected chi connectivity index (χ0v) is 13.4. The molecule has 1 aromatic carbocycles. The number of rotatable bonds is 4. The van der Waals surface area contributed by atoms with Crippen LogP contribution in [-0.2, 0) is 6.54 Å². The SMILES string of the molecule is Cc1ccc(CN(C)C(=O)c2sccc2-c2ccccc2)o1. The summed E-state index contributed by atoms with van der Waals surface area (Å²) in [6.45, 7) is 2.37. The van der Waals surface area contributed by atoms with Crippen molar-refractivity contribution in [3.63, 3.8) is 0 Å². The van der Waals surface area contributed by atoms with Crippen molar-refractivity contribution in [3.8, 4) is 11.1 Å². The molecule has 3 aromatic rings. The second-order valence-electron chi connectivity index (χ2n) is 5.20. The molecule has 3 nitrogen and oxygen atoms in total. The Morgan fingerprint density at radius 3 is 2.59 bits per heavy atom. The van der Waals surface area contributed by atoms with E-state index in [2.05, 4.69) is 0 Å². The first-order chi connectivity index (χ1) is 10.6. The maximum absolute atomic E-state index is 12.7. The van der Waals surface area contributed by atoms with E-state index in [1.54, 1.807) is 11.9 Å². The Kier molecular flexibility index (Phi) is 4.11. The van der Waals surface area contributed by atoms with Gasteiger partial charge in [0.2, 0.25) is 0 Å². The van der Waals surface area contributed by atoms with Crippen LogP contribution in [0.5, 0.6) is 0 Å². The van der Waals surface area contributed by atoms with Gasteiger partial charge in [-0.25, -0.2) is 0 Å². The average Bonchev–Trinajstić information content (AvgIpc) is 3.16. The third-order valence-corrected chi connectivity index (χ3v) is 4.38. The number of thiophene rings is 1. The molecular formula is C18H17NO2S. The first-order valence-corrected chi connectivity index (χ1v) is 7.97. The Morgan fingerprint density at radius 2 is 1.91 bits per heavy atom. The first-order valence-electron chi connectivity index (χ1n) is 7.09. The van der Waals surface area contributed by atoms with Gasteiger partial charge in [0.05, 0.1) is 11.4 Å². The van der Waals surface area contributed by atoms with Crippen molar-refractivity contribution >= 4 is 17.2 Å². The molecule has 0 aliphatic carbocycles. The standard InChI is InChI=1S/C18H17NO2S/c1-13-8-9-15(21-13)12-19(2)18(20)17-16(10-11-22-17)14-6-4-3-5-7-14/h3-11H,12H2,1-2H3. The van der Waals surface area contributed by atoms with Crippen molar-refractivity contribution < 1.29 is 9.21 Å². The van der Waals surface area contributed by atoms with Crippen molar-refractivity contribution in [2.75, 3.05) is 7.05 Å². The molecule has 1 amide bonds. The van der Waals surface area contributed by atoms with Gasteiger partial charge < -0.3 is 9.32 Å². The van der Waals surface area contributed by atoms with Crippen LogP contribution in [0, 0.1) is 6.92 Å². The molecule has 2 aromatic heterocycles. The number of nitrogens with zero attached hydrogens (tertiary/aromatic N) is 1. The number of benzene rings is 1. The summed E-state index contributed by atoms with van der Waals surface area (Å²) in [7, 11) is 1.80. The molecule has 2 heterocycles. The van der Waals surface area contributed by atoms with Crippen LogP contribution < -0.4 is 0 Å². The highest BCUT2D eigenvalue weighted by Gasteiger charge is 2.19. The number of amides is 1. The second kappa shape index (κ2) is 6.20. The van der Waals surface area contributed by atoms with E-state index in [1.807, 2.05) is 60.8 Å². The molecule has 3 rings (SSSR count). The normalized spacial score (nSPS) is 10.6. The minimum Gasteiger partial charge on any atom is -0.464 e. The van der Waals surface area contributed by atoms with Gasteiger partial charge in [-0.2, -0.15) is 0 Å². The van der Waals surface area contributed by atoms with Gasteiger partial charge in [0.15, 0.2) is 0 Å². The Balaban J connectivity index is 1.82. The fraction of sp³-hybridized carbons (Fsp3) is 0.167. The predicted octanol–water partition coefficient (Wildman–Crippen LogP) is 4.59. The molecule has 112 valence electrons. The summed E-state index contributed by atoms with van der Waals surface area (Å²) in [5, 5.41) is 1.96. The molecule has 0 atom stereocenters. The molecule has 0 aliphatic heterocycles. The topological polar surface area (TPSA) is 33.5 Å². The summed E-state index contributed by atoms with van der Waals surface area (Å²) in [5.41, 5.74) is 2.05. The van der Waals surface area contributed by atoms with E-state index in [0.29, 0.717) is 6.54 Å². The number of hydrogen-bond donors (Lipinski definition) is 0. The average molecular weight is 311 g/mol. The van der Waals surface area contributed by atoms with Crippen LogP contribution >= 0.6 is 11.3 Å². The van der Waals surface area contributed by atoms with Crippen molar-refractivity contribution in [3.05, 3.63) is 70.3 Å². The fourth-order valence-electron chi connectivity index (χ4n) is 2.37. The molecule has 0 saturated carbocycles. The highest BCUT2D eigenvalue weighted by Crippen LogP contribution is 2.29. The highest BCUT2D eigenvalue weighted by atomic mass is 32.1. The van der Waals surface area contributed by atoms with Gasteiger partial charge in [0.1, 0.15) is 11.5 Å². The summed E-state index contributed by atoms with van der Waals surface area (Å²) in [6.07, 6.45) is 0. The lowest BCUT2D eigenvalue weighted by Gasteiger charge is -2.16. The van der Waals surface area contributed by atoms with Crippen molar-refractivity contribution in [1.82, 2.24) is 4.90 Å². The van der Waals surface area contributed by atoms with Crippen molar-refractivity contribution in [2.45, 2.75) is 13.5 Å². The maximum atomic E-state index is 12.7. The number of hydrogen-bond acceptors (Lipinski definition) is 3. The lowest BCUT2D eigenvalue weighted by molar-refractivity contribution is 0.0780. The molecule has 4 heteroatoms. The van der Waals surface area contributed by atoms with Crippen LogP contribution in [0.15, 0.2) is 58.3 Å². The van der Waals surface area contributed by atoms with E-state index < -0.39 is 0 Å². The molecule has 0 aliphatic rings. The minimum absolute atomic E-state index is 0.0166. The van der Waals surface area contributed by atoms with Crippen LogP contribution in [0.3, 0.4) is 0 Å². The number of carbonyl (C=O) groups excluding carboxylic acids is 1. The monoisotopic (exact) mass is 311 g/mol. The lowest BCUT2D eigenvalue weighted by Crippen LogP contribution is -2.25. The number of carbonyl (C=O) groups is 1. The van der Waals surface area contributed by atoms with Crippen molar-refractivity contribution in [2.24, 2.45) is 0 Å². The summed E-state index contributed by atoms with van der Waals surface area (Å²) in [6, 6.07) is 15.8. The van der Waals surface area contributed by atoms with E-state index in [9.17, 15) is 4.79 Å². The molecule has 0 radical (unpaired) electrons. The highest BCUT2D eigenvalue weighted by molar-refractivity contribution is 7.12. The Morgan fingerprint density at radius 1 is 1.14 bits per heavy atom. The first kappa shape index (κ1) is 14.6. The third-order valence-electron chi connectivity index (χ3n) is 3.48. The van der Waals surface area contributed by atoms with Gasteiger partial charge in [-0.05, 0) is 36.1 Å². The summed E-state index contributed by atoms with van der Waals surface area (Å²) in [4.78, 5) is 15.2. The molecule has 0 fully saturated rings. The number of furan rings is 1. The molecule has 0 bridgehead atoms. The Bertz CT molecular complexity index is 773. The molecule has 0 N–H and O–H groups in total. The van der Waals surface area contributed by atoms with Crippen LogP contribution in [0.25, 0.3) is 11.1 Å². The van der Waals surface area contributed by atoms with E-state index in [0.717, 1.165) is 27.5 Å². The van der Waals surface area contributed by atoms with E-state index in [1.165, 1.54) is 11.3 Å². The smallest absolute Gasteiger partial charge is 0.264 e. The van der Waals surface area contributed by atoms with Gasteiger partial charge in [-0.15, -0.1) is 11.3 Å². The van der Waals surface area contributed by atoms with Gasteiger partial charge >= 0.3 is 0 Å². The van der Waals surface area contributed by atoms with Crippen molar-refractivity contribution in [1.29, 1.82) is 0 Å². The summed E-state index contributed by atoms with van der Waals surface area (Å²) < 4.78 is 5.55. The van der Waals surface area contributed by atoms with Gasteiger partial charge in [-0.1, -0.05) is 30.3 Å². The van der Waals surface area contributed by atoms with Gasteiger partial charge in [-0.3, -0.25) is 4.79 Å². The van der Waals surface area contributed by atoms with Crippen LogP contribution in [-0.4, -0.2) is 17.9 Å². The van der Waals surface area contributed by atoms with Gasteiger partial charge in [0, 0.05) is 12.6 Å². The van der Waals surface area contributed by atoms with Crippen LogP contribution in [0.4, 0.5) is 0 Å². The van der Waals surface area contributed by atoms with Gasteiger partial charge in [0.25, 0.3) is 5.91 Å². The quantitative estimate of drug-likeness (QED) is 0.706. The molecule has 0 spiro atoms. The summed E-state index contributed by atoms with van der Waals surface area (Å²) in [5.74, 6) is 1.67. The second-order valence-corrected chi connectivity index (χ2v) is 6.12. The van der Waals surface area contributed by atoms with E-state index >= 15 is 0 Å². The molecular weight excluding hydrogens is 294 g/mol. The number of aryl methyl sites for hydroxylation is 1. The van der Waals surface area contributed by atoms with Crippen LogP contribution in [0.2, 0.25) is 0 Å². The predicted molar refractivity (Wildman–Crippen MR) is 89.0 cm³/mol. The minimum atomic E-state index is 0.0166. The fourth-order valence-corrected chi connectivity index (χ4v) is 3.28. The zero-order valence-electron chi connectivity index (χ0n) is 12.6. The molecule has 0 unspecified atom stereocenters. The third kappa shape index (κ3) is 2.97. The Labute approximate surface area is 133 Å². The largest absolute Gasteiger partial charge is 0.464 e. The summed E-state index contributed by atoms with van der Waals surface area (Å²) >= 11 is 1.47. The Hall–Kier alpha value is -2.33. The lowest BCUT2D eigenvalue weighted by atomic mass is 10.1. The van der Waals surface area contributed by atoms with E-state index in [-0.39, 0.29) is 5.91 Å². The van der Waals surface area contributed by atoms with Crippen LogP contribution in [0.1, 0.15) is 21.2 Å². The van der Waals surface area contributed by atoms with E-state index in [4.69, 9.17) is 4.42 Å². The molecule has 0 saturated heterocycles. The molecule has 22 heavy (non-hydrogen) atoms.